The van der Waals surface area contributed by atoms with Crippen LogP contribution in [0.2, 0.25) is 0 Å². The molecule has 3 rings (SSSR count). The second kappa shape index (κ2) is 5.74. The summed E-state index contributed by atoms with van der Waals surface area (Å²) in [5.74, 6) is 0.679. The molecule has 1 aliphatic carbocycles. The molecule has 1 N–H and O–H groups in total. The largest absolute Gasteiger partial charge is 0.381 e. The first-order valence-corrected chi connectivity index (χ1v) is 8.64. The highest BCUT2D eigenvalue weighted by Crippen LogP contribution is 2.32. The molecule has 4 heteroatoms. The van der Waals surface area contributed by atoms with Crippen LogP contribution in [0.3, 0.4) is 0 Å². The molecular formula is C16H26N2OS. The number of ether oxygens (including phenoxy) is 1. The molecule has 1 aliphatic heterocycles. The molecule has 1 aromatic rings. The van der Waals surface area contributed by atoms with E-state index >= 15 is 0 Å². The van der Waals surface area contributed by atoms with Crippen LogP contribution in [0, 0.1) is 5.92 Å². The van der Waals surface area contributed by atoms with E-state index in [2.05, 4.69) is 26.1 Å². The molecule has 0 aromatic carbocycles. The second-order valence-corrected chi connectivity index (χ2v) is 8.39. The fourth-order valence-corrected chi connectivity index (χ4v) is 4.05. The van der Waals surface area contributed by atoms with Gasteiger partial charge < -0.3 is 10.1 Å². The molecule has 0 bridgehead atoms. The summed E-state index contributed by atoms with van der Waals surface area (Å²) in [6.45, 7) is 9.65. The Hall–Kier alpha value is -0.450. The van der Waals surface area contributed by atoms with Crippen LogP contribution < -0.4 is 5.32 Å². The quantitative estimate of drug-likeness (QED) is 0.905. The molecule has 0 spiro atoms. The maximum Gasteiger partial charge on any atom is 0.0935 e. The van der Waals surface area contributed by atoms with E-state index in [1.165, 1.54) is 34.8 Å². The van der Waals surface area contributed by atoms with Crippen molar-refractivity contribution in [1.82, 2.24) is 10.3 Å². The summed E-state index contributed by atoms with van der Waals surface area (Å²) in [7, 11) is 0. The lowest BCUT2D eigenvalue weighted by Gasteiger charge is -2.17. The molecule has 20 heavy (non-hydrogen) atoms. The van der Waals surface area contributed by atoms with E-state index in [-0.39, 0.29) is 5.41 Å². The molecule has 2 fully saturated rings. The standard InChI is InChI=1S/C16H26N2OS/c1-16(2,3)15-13(9-17-12-4-5-12)20-14(18-15)8-11-6-7-19-10-11/h11-12,17H,4-10H2,1-3H3. The lowest BCUT2D eigenvalue weighted by atomic mass is 9.91. The number of aromatic nitrogens is 1. The summed E-state index contributed by atoms with van der Waals surface area (Å²) in [4.78, 5) is 6.41. The fraction of sp³-hybridized carbons (Fsp3) is 0.812. The van der Waals surface area contributed by atoms with Crippen LogP contribution in [0.1, 0.15) is 55.6 Å². The van der Waals surface area contributed by atoms with Gasteiger partial charge in [-0.15, -0.1) is 11.3 Å². The Morgan fingerprint density at radius 1 is 1.30 bits per heavy atom. The minimum Gasteiger partial charge on any atom is -0.381 e. The Bertz CT molecular complexity index is 454. The first-order chi connectivity index (χ1) is 9.52. The number of hydrogen-bond donors (Lipinski definition) is 1. The highest BCUT2D eigenvalue weighted by molar-refractivity contribution is 7.11. The highest BCUT2D eigenvalue weighted by atomic mass is 32.1. The number of rotatable bonds is 5. The summed E-state index contributed by atoms with van der Waals surface area (Å²) in [6.07, 6.45) is 4.98. The second-order valence-electron chi connectivity index (χ2n) is 7.22. The predicted molar refractivity (Wildman–Crippen MR) is 83.3 cm³/mol. The predicted octanol–water partition coefficient (Wildman–Crippen LogP) is 3.27. The Kier molecular flexibility index (Phi) is 4.16. The average molecular weight is 294 g/mol. The van der Waals surface area contributed by atoms with Crippen molar-refractivity contribution in [3.05, 3.63) is 15.6 Å². The van der Waals surface area contributed by atoms with E-state index in [4.69, 9.17) is 9.72 Å². The summed E-state index contributed by atoms with van der Waals surface area (Å²) in [6, 6.07) is 0.761. The summed E-state index contributed by atoms with van der Waals surface area (Å²) < 4.78 is 5.49. The van der Waals surface area contributed by atoms with E-state index in [0.29, 0.717) is 5.92 Å². The van der Waals surface area contributed by atoms with Crippen molar-refractivity contribution in [1.29, 1.82) is 0 Å². The van der Waals surface area contributed by atoms with Crippen molar-refractivity contribution in [2.24, 2.45) is 5.92 Å². The third-order valence-electron chi connectivity index (χ3n) is 4.07. The van der Waals surface area contributed by atoms with Gasteiger partial charge in [-0.2, -0.15) is 0 Å². The molecule has 2 aliphatic rings. The lowest BCUT2D eigenvalue weighted by Crippen LogP contribution is -2.20. The van der Waals surface area contributed by atoms with Crippen LogP contribution in [-0.4, -0.2) is 24.2 Å². The van der Waals surface area contributed by atoms with Crippen LogP contribution in [0.4, 0.5) is 0 Å². The maximum atomic E-state index is 5.49. The molecule has 2 heterocycles. The Balaban J connectivity index is 1.72. The van der Waals surface area contributed by atoms with Crippen LogP contribution in [-0.2, 0) is 23.1 Å². The van der Waals surface area contributed by atoms with Crippen molar-refractivity contribution in [2.45, 2.75) is 64.5 Å². The number of nitrogens with one attached hydrogen (secondary N) is 1. The van der Waals surface area contributed by atoms with Gasteiger partial charge in [-0.05, 0) is 25.2 Å². The highest BCUT2D eigenvalue weighted by Gasteiger charge is 2.27. The van der Waals surface area contributed by atoms with E-state index in [1.807, 2.05) is 11.3 Å². The SMILES string of the molecule is CC(C)(C)c1nc(CC2CCOC2)sc1CNC1CC1. The summed E-state index contributed by atoms with van der Waals surface area (Å²) in [5.41, 5.74) is 1.44. The monoisotopic (exact) mass is 294 g/mol. The zero-order valence-corrected chi connectivity index (χ0v) is 13.7. The summed E-state index contributed by atoms with van der Waals surface area (Å²) >= 11 is 1.91. The van der Waals surface area contributed by atoms with Gasteiger partial charge in [-0.1, -0.05) is 20.8 Å². The first-order valence-electron chi connectivity index (χ1n) is 7.82. The zero-order chi connectivity index (χ0) is 14.2. The zero-order valence-electron chi connectivity index (χ0n) is 12.9. The normalized spacial score (nSPS) is 23.4. The number of thiazole rings is 1. The first kappa shape index (κ1) is 14.5. The van der Waals surface area contributed by atoms with E-state index in [0.717, 1.165) is 32.2 Å². The Morgan fingerprint density at radius 2 is 2.10 bits per heavy atom. The summed E-state index contributed by atoms with van der Waals surface area (Å²) in [5, 5.41) is 4.94. The van der Waals surface area contributed by atoms with Gasteiger partial charge in [0.05, 0.1) is 10.7 Å². The topological polar surface area (TPSA) is 34.1 Å². The van der Waals surface area contributed by atoms with Gasteiger partial charge in [0, 0.05) is 42.5 Å². The van der Waals surface area contributed by atoms with Gasteiger partial charge in [0.25, 0.3) is 0 Å². The van der Waals surface area contributed by atoms with Gasteiger partial charge in [-0.3, -0.25) is 0 Å². The minimum absolute atomic E-state index is 0.140. The minimum atomic E-state index is 0.140. The maximum absolute atomic E-state index is 5.49. The molecule has 0 amide bonds. The van der Waals surface area contributed by atoms with Crippen molar-refractivity contribution in [3.8, 4) is 0 Å². The van der Waals surface area contributed by atoms with E-state index in [9.17, 15) is 0 Å². The number of nitrogens with zero attached hydrogens (tertiary/aromatic N) is 1. The molecule has 3 nitrogen and oxygen atoms in total. The van der Waals surface area contributed by atoms with Crippen molar-refractivity contribution < 1.29 is 4.74 Å². The van der Waals surface area contributed by atoms with Crippen molar-refractivity contribution in [2.75, 3.05) is 13.2 Å². The molecule has 1 saturated carbocycles. The van der Waals surface area contributed by atoms with Crippen LogP contribution in [0.25, 0.3) is 0 Å². The molecule has 1 unspecified atom stereocenters. The lowest BCUT2D eigenvalue weighted by molar-refractivity contribution is 0.186. The average Bonchev–Trinajstić information content (AvgIpc) is 2.88. The fourth-order valence-electron chi connectivity index (χ4n) is 2.71. The van der Waals surface area contributed by atoms with Gasteiger partial charge in [0.2, 0.25) is 0 Å². The molecular weight excluding hydrogens is 268 g/mol. The van der Waals surface area contributed by atoms with Gasteiger partial charge in [0.15, 0.2) is 0 Å². The van der Waals surface area contributed by atoms with E-state index < -0.39 is 0 Å². The van der Waals surface area contributed by atoms with Crippen LogP contribution >= 0.6 is 11.3 Å². The Morgan fingerprint density at radius 3 is 2.70 bits per heavy atom. The van der Waals surface area contributed by atoms with Gasteiger partial charge in [0.1, 0.15) is 0 Å². The van der Waals surface area contributed by atoms with E-state index in [1.54, 1.807) is 0 Å². The van der Waals surface area contributed by atoms with Crippen molar-refractivity contribution >= 4 is 11.3 Å². The third kappa shape index (κ3) is 3.60. The molecule has 1 aromatic heterocycles. The van der Waals surface area contributed by atoms with Crippen LogP contribution in [0.15, 0.2) is 0 Å². The molecule has 112 valence electrons. The third-order valence-corrected chi connectivity index (χ3v) is 5.15. The smallest absolute Gasteiger partial charge is 0.0935 e. The van der Waals surface area contributed by atoms with Gasteiger partial charge in [-0.25, -0.2) is 4.98 Å². The molecule has 0 radical (unpaired) electrons. The van der Waals surface area contributed by atoms with Crippen LogP contribution in [0.5, 0.6) is 0 Å². The van der Waals surface area contributed by atoms with Gasteiger partial charge >= 0.3 is 0 Å². The molecule has 1 saturated heterocycles. The number of hydrogen-bond acceptors (Lipinski definition) is 4. The molecule has 1 atom stereocenters. The van der Waals surface area contributed by atoms with Crippen molar-refractivity contribution in [3.63, 3.8) is 0 Å². The Labute approximate surface area is 126 Å².